The highest BCUT2D eigenvalue weighted by Gasteiger charge is 2.14. The van der Waals surface area contributed by atoms with Gasteiger partial charge >= 0.3 is 0 Å². The van der Waals surface area contributed by atoms with Gasteiger partial charge in [-0.1, -0.05) is 5.16 Å². The minimum atomic E-state index is -3.60. The van der Waals surface area contributed by atoms with Gasteiger partial charge in [0.05, 0.1) is 8.66 Å². The second-order valence-electron chi connectivity index (χ2n) is 2.97. The van der Waals surface area contributed by atoms with Gasteiger partial charge in [0.2, 0.25) is 9.05 Å². The number of halogens is 2. The van der Waals surface area contributed by atoms with Crippen LogP contribution in [0.2, 0.25) is 0 Å². The van der Waals surface area contributed by atoms with Crippen LogP contribution in [0.25, 0.3) is 10.6 Å². The van der Waals surface area contributed by atoms with E-state index >= 15 is 0 Å². The Balaban J connectivity index is 2.26. The quantitative estimate of drug-likeness (QED) is 0.804. The second kappa shape index (κ2) is 4.48. The van der Waals surface area contributed by atoms with Crippen LogP contribution in [-0.2, 0) is 14.8 Å². The Bertz CT molecular complexity index is 604. The summed E-state index contributed by atoms with van der Waals surface area (Å²) in [7, 11) is 1.52. The van der Waals surface area contributed by atoms with Crippen LogP contribution in [0.4, 0.5) is 0 Å². The van der Waals surface area contributed by atoms with Crippen LogP contribution in [0.15, 0.2) is 26.5 Å². The number of thiophene rings is 1. The van der Waals surface area contributed by atoms with E-state index in [0.29, 0.717) is 11.5 Å². The largest absolute Gasteiger partial charge is 0.355 e. The van der Waals surface area contributed by atoms with E-state index in [1.165, 1.54) is 11.3 Å². The van der Waals surface area contributed by atoms with Gasteiger partial charge in [0, 0.05) is 16.7 Å². The van der Waals surface area contributed by atoms with Gasteiger partial charge in [-0.25, -0.2) is 8.42 Å². The Morgan fingerprint density at radius 2 is 2.25 bits per heavy atom. The van der Waals surface area contributed by atoms with E-state index in [4.69, 9.17) is 15.2 Å². The number of aromatic nitrogens is 1. The lowest BCUT2D eigenvalue weighted by molar-refractivity contribution is 0.426. The summed E-state index contributed by atoms with van der Waals surface area (Å²) in [6.45, 7) is 0. The molecule has 0 spiro atoms. The Morgan fingerprint density at radius 3 is 2.81 bits per heavy atom. The van der Waals surface area contributed by atoms with E-state index in [1.807, 2.05) is 12.1 Å². The topological polar surface area (TPSA) is 60.2 Å². The Hall–Kier alpha value is -0.370. The first-order chi connectivity index (χ1) is 7.44. The fourth-order valence-corrected chi connectivity index (χ4v) is 3.28. The predicted molar refractivity (Wildman–Crippen MR) is 66.0 cm³/mol. The van der Waals surface area contributed by atoms with E-state index in [1.54, 1.807) is 6.07 Å². The van der Waals surface area contributed by atoms with Gasteiger partial charge in [-0.05, 0) is 28.1 Å². The Morgan fingerprint density at radius 1 is 1.50 bits per heavy atom. The van der Waals surface area contributed by atoms with Crippen molar-refractivity contribution in [2.75, 3.05) is 0 Å². The maximum atomic E-state index is 10.8. The first-order valence-electron chi connectivity index (χ1n) is 4.08. The molecule has 2 heterocycles. The Kier molecular flexibility index (Phi) is 3.39. The highest BCUT2D eigenvalue weighted by molar-refractivity contribution is 9.11. The van der Waals surface area contributed by atoms with E-state index < -0.39 is 9.05 Å². The van der Waals surface area contributed by atoms with Crippen molar-refractivity contribution < 1.29 is 12.9 Å². The molecule has 0 aromatic carbocycles. The molecule has 0 aliphatic rings. The van der Waals surface area contributed by atoms with Crippen molar-refractivity contribution in [3.63, 3.8) is 0 Å². The third-order valence-corrected chi connectivity index (χ3v) is 4.30. The van der Waals surface area contributed by atoms with Gasteiger partial charge in [-0.3, -0.25) is 0 Å². The summed E-state index contributed by atoms with van der Waals surface area (Å²) in [6, 6.07) is 5.30. The summed E-state index contributed by atoms with van der Waals surface area (Å²) < 4.78 is 27.6. The molecule has 0 bridgehead atoms. The van der Waals surface area contributed by atoms with Crippen molar-refractivity contribution >= 4 is 47.0 Å². The van der Waals surface area contributed by atoms with Crippen LogP contribution in [0.3, 0.4) is 0 Å². The molecular formula is C8H5BrClNO3S2. The number of nitrogens with zero attached hydrogens (tertiary/aromatic N) is 1. The van der Waals surface area contributed by atoms with Crippen LogP contribution < -0.4 is 0 Å². The lowest BCUT2D eigenvalue weighted by atomic mass is 10.3. The molecule has 0 aliphatic heterocycles. The standard InChI is InChI=1S/C8H5BrClNO3S2/c9-8-2-1-7(15-8)6-3-5(11-14-6)4-16(10,12)13/h1-3H,4H2. The van der Waals surface area contributed by atoms with Crippen LogP contribution in [0.5, 0.6) is 0 Å². The van der Waals surface area contributed by atoms with Gasteiger partial charge in [0.1, 0.15) is 11.4 Å². The number of rotatable bonds is 3. The number of hydrogen-bond acceptors (Lipinski definition) is 5. The monoisotopic (exact) mass is 341 g/mol. The average Bonchev–Trinajstić information content (AvgIpc) is 2.71. The smallest absolute Gasteiger partial charge is 0.238 e. The zero-order valence-electron chi connectivity index (χ0n) is 7.68. The van der Waals surface area contributed by atoms with Gasteiger partial charge in [-0.15, -0.1) is 11.3 Å². The summed E-state index contributed by atoms with van der Waals surface area (Å²) in [5.41, 5.74) is 0.300. The zero-order chi connectivity index (χ0) is 11.8. The Labute approximate surface area is 109 Å². The fraction of sp³-hybridized carbons (Fsp3) is 0.125. The molecule has 0 N–H and O–H groups in total. The highest BCUT2D eigenvalue weighted by Crippen LogP contribution is 2.31. The fourth-order valence-electron chi connectivity index (χ4n) is 1.12. The van der Waals surface area contributed by atoms with Crippen molar-refractivity contribution in [1.29, 1.82) is 0 Å². The third-order valence-electron chi connectivity index (χ3n) is 1.70. The van der Waals surface area contributed by atoms with E-state index in [2.05, 4.69) is 21.1 Å². The third kappa shape index (κ3) is 3.07. The van der Waals surface area contributed by atoms with Gasteiger partial charge < -0.3 is 4.52 Å². The summed E-state index contributed by atoms with van der Waals surface area (Å²) in [6.07, 6.45) is 0. The first kappa shape index (κ1) is 12.1. The molecule has 0 radical (unpaired) electrons. The lowest BCUT2D eigenvalue weighted by Crippen LogP contribution is -1.94. The maximum Gasteiger partial charge on any atom is 0.238 e. The van der Waals surface area contributed by atoms with Crippen molar-refractivity contribution in [2.45, 2.75) is 5.75 Å². The van der Waals surface area contributed by atoms with Crippen molar-refractivity contribution in [3.8, 4) is 10.6 Å². The zero-order valence-corrected chi connectivity index (χ0v) is 11.7. The second-order valence-corrected chi connectivity index (χ2v) is 8.21. The van der Waals surface area contributed by atoms with Crippen LogP contribution in [0.1, 0.15) is 5.69 Å². The normalized spacial score (nSPS) is 11.9. The molecule has 0 amide bonds. The molecule has 4 nitrogen and oxygen atoms in total. The van der Waals surface area contributed by atoms with Gasteiger partial charge in [-0.2, -0.15) is 0 Å². The molecule has 86 valence electrons. The summed E-state index contributed by atoms with van der Waals surface area (Å²) in [4.78, 5) is 0.873. The van der Waals surface area contributed by atoms with Crippen molar-refractivity contribution in [2.24, 2.45) is 0 Å². The molecule has 0 saturated heterocycles. The SMILES string of the molecule is O=S(=O)(Cl)Cc1cc(-c2ccc(Br)s2)on1. The molecule has 2 rings (SSSR count). The molecule has 0 atom stereocenters. The minimum absolute atomic E-state index is 0.300. The van der Waals surface area contributed by atoms with E-state index in [9.17, 15) is 8.42 Å². The average molecular weight is 343 g/mol. The molecule has 0 fully saturated rings. The predicted octanol–water partition coefficient (Wildman–Crippen LogP) is 3.23. The maximum absolute atomic E-state index is 10.8. The van der Waals surface area contributed by atoms with Crippen molar-refractivity contribution in [3.05, 3.63) is 27.7 Å². The molecule has 2 aromatic heterocycles. The van der Waals surface area contributed by atoms with E-state index in [-0.39, 0.29) is 5.75 Å². The lowest BCUT2D eigenvalue weighted by Gasteiger charge is -1.86. The summed E-state index contributed by atoms with van der Waals surface area (Å²) in [5.74, 6) is 0.205. The van der Waals surface area contributed by atoms with Crippen LogP contribution in [-0.4, -0.2) is 13.6 Å². The molecular weight excluding hydrogens is 338 g/mol. The molecule has 0 aliphatic carbocycles. The molecule has 0 saturated carbocycles. The number of hydrogen-bond donors (Lipinski definition) is 0. The molecule has 0 unspecified atom stereocenters. The molecule has 2 aromatic rings. The van der Waals surface area contributed by atoms with Crippen LogP contribution >= 0.6 is 37.9 Å². The van der Waals surface area contributed by atoms with Crippen LogP contribution in [0, 0.1) is 0 Å². The first-order valence-corrected chi connectivity index (χ1v) is 8.16. The molecule has 8 heteroatoms. The summed E-state index contributed by atoms with van der Waals surface area (Å²) >= 11 is 4.80. The summed E-state index contributed by atoms with van der Waals surface area (Å²) in [5, 5.41) is 3.64. The minimum Gasteiger partial charge on any atom is -0.355 e. The molecule has 16 heavy (non-hydrogen) atoms. The van der Waals surface area contributed by atoms with Crippen molar-refractivity contribution in [1.82, 2.24) is 5.16 Å². The van der Waals surface area contributed by atoms with Gasteiger partial charge in [0.25, 0.3) is 0 Å². The highest BCUT2D eigenvalue weighted by atomic mass is 79.9. The van der Waals surface area contributed by atoms with E-state index in [0.717, 1.165) is 8.66 Å². The van der Waals surface area contributed by atoms with Gasteiger partial charge in [0.15, 0.2) is 5.76 Å².